The first-order valence-corrected chi connectivity index (χ1v) is 12.3. The van der Waals surface area contributed by atoms with Crippen molar-refractivity contribution in [2.75, 3.05) is 20.0 Å². The molecule has 2 aromatic carbocycles. The third-order valence-corrected chi connectivity index (χ3v) is 5.72. The summed E-state index contributed by atoms with van der Waals surface area (Å²) < 4.78 is 28.8. The number of carbonyl (C=O) groups is 2. The summed E-state index contributed by atoms with van der Waals surface area (Å²) >= 11 is 0. The monoisotopic (exact) mass is 499 g/mol. The molecule has 1 saturated heterocycles. The molecule has 0 unspecified atom stereocenters. The molecule has 2 aromatic rings. The van der Waals surface area contributed by atoms with Crippen LogP contribution in [0.3, 0.4) is 0 Å². The van der Waals surface area contributed by atoms with Gasteiger partial charge in [0.05, 0.1) is 25.9 Å². The van der Waals surface area contributed by atoms with Gasteiger partial charge in [-0.25, -0.2) is 9.59 Å². The summed E-state index contributed by atoms with van der Waals surface area (Å²) in [6.45, 7) is 7.72. The first-order chi connectivity index (χ1) is 17.2. The standard InChI is InChI=1S/C28H37NO7/c1-20-23(15-21-11-7-5-8-12-21)25(34-19-33-16-22-13-9-6-10-14-22)18-32-17-24(26(30)35-20)29-27(31)36-28(2,3)4/h5-14,20,23-25H,15-19H2,1-4H3,(H,29,31)/t20-,23-,24-,25-/m0/s1. The summed E-state index contributed by atoms with van der Waals surface area (Å²) in [5.74, 6) is -0.774. The van der Waals surface area contributed by atoms with Crippen LogP contribution in [0.4, 0.5) is 4.79 Å². The maximum absolute atomic E-state index is 12.9. The van der Waals surface area contributed by atoms with Crippen LogP contribution < -0.4 is 5.32 Å². The highest BCUT2D eigenvalue weighted by atomic mass is 16.7. The van der Waals surface area contributed by atoms with Gasteiger partial charge in [0.25, 0.3) is 0 Å². The topological polar surface area (TPSA) is 92.3 Å². The first kappa shape index (κ1) is 27.6. The van der Waals surface area contributed by atoms with Crippen LogP contribution in [-0.4, -0.2) is 55.9 Å². The molecule has 1 aliphatic heterocycles. The van der Waals surface area contributed by atoms with E-state index >= 15 is 0 Å². The van der Waals surface area contributed by atoms with Crippen LogP contribution in [0, 0.1) is 5.92 Å². The molecule has 8 nitrogen and oxygen atoms in total. The van der Waals surface area contributed by atoms with Gasteiger partial charge in [0.1, 0.15) is 18.5 Å². The largest absolute Gasteiger partial charge is 0.461 e. The van der Waals surface area contributed by atoms with Gasteiger partial charge in [-0.15, -0.1) is 0 Å². The van der Waals surface area contributed by atoms with Crippen molar-refractivity contribution in [3.05, 3.63) is 71.8 Å². The Kier molecular flexibility index (Phi) is 10.3. The normalized spacial score (nSPS) is 23.1. The second kappa shape index (κ2) is 13.4. The van der Waals surface area contributed by atoms with Gasteiger partial charge in [0.2, 0.25) is 0 Å². The van der Waals surface area contributed by atoms with E-state index in [4.69, 9.17) is 23.7 Å². The first-order valence-electron chi connectivity index (χ1n) is 12.3. The van der Waals surface area contributed by atoms with Crippen molar-refractivity contribution in [1.82, 2.24) is 5.32 Å². The van der Waals surface area contributed by atoms with Gasteiger partial charge in [-0.3, -0.25) is 0 Å². The minimum absolute atomic E-state index is 0.0619. The van der Waals surface area contributed by atoms with Crippen molar-refractivity contribution in [1.29, 1.82) is 0 Å². The number of ether oxygens (including phenoxy) is 5. The molecule has 0 spiro atoms. The summed E-state index contributed by atoms with van der Waals surface area (Å²) in [6, 6.07) is 18.8. The van der Waals surface area contributed by atoms with E-state index in [1.54, 1.807) is 20.8 Å². The number of carbonyl (C=O) groups excluding carboxylic acids is 2. The molecule has 0 radical (unpaired) electrons. The molecule has 0 saturated carbocycles. The molecule has 36 heavy (non-hydrogen) atoms. The lowest BCUT2D eigenvalue weighted by molar-refractivity contribution is -0.160. The molecule has 1 aliphatic rings. The molecule has 1 heterocycles. The fraction of sp³-hybridized carbons (Fsp3) is 0.500. The lowest BCUT2D eigenvalue weighted by atomic mass is 9.89. The summed E-state index contributed by atoms with van der Waals surface area (Å²) in [6.07, 6.45) is -0.986. The third-order valence-electron chi connectivity index (χ3n) is 5.72. The smallest absolute Gasteiger partial charge is 0.408 e. The minimum Gasteiger partial charge on any atom is -0.461 e. The molecule has 1 fully saturated rings. The Labute approximate surface area is 213 Å². The molecular weight excluding hydrogens is 462 g/mol. The van der Waals surface area contributed by atoms with E-state index in [1.807, 2.05) is 67.6 Å². The zero-order chi connectivity index (χ0) is 26.0. The van der Waals surface area contributed by atoms with Crippen LogP contribution in [0.1, 0.15) is 38.8 Å². The van der Waals surface area contributed by atoms with E-state index in [0.717, 1.165) is 11.1 Å². The zero-order valence-corrected chi connectivity index (χ0v) is 21.5. The summed E-state index contributed by atoms with van der Waals surface area (Å²) in [5.41, 5.74) is 1.44. The number of alkyl carbamates (subject to hydrolysis) is 1. The lowest BCUT2D eigenvalue weighted by Crippen LogP contribution is -2.47. The number of amides is 1. The number of nitrogens with one attached hydrogen (secondary N) is 1. The van der Waals surface area contributed by atoms with Crippen LogP contribution in [-0.2, 0) is 41.5 Å². The number of hydrogen-bond donors (Lipinski definition) is 1. The molecule has 4 atom stereocenters. The van der Waals surface area contributed by atoms with E-state index in [-0.39, 0.29) is 25.9 Å². The molecule has 1 N–H and O–H groups in total. The second-order valence-corrected chi connectivity index (χ2v) is 9.89. The van der Waals surface area contributed by atoms with Gasteiger partial charge in [-0.1, -0.05) is 60.7 Å². The number of esters is 1. The van der Waals surface area contributed by atoms with E-state index in [9.17, 15) is 9.59 Å². The Morgan fingerprint density at radius 2 is 1.64 bits per heavy atom. The predicted octanol–water partition coefficient (Wildman–Crippen LogP) is 4.26. The summed E-state index contributed by atoms with van der Waals surface area (Å²) in [7, 11) is 0. The van der Waals surface area contributed by atoms with E-state index in [1.165, 1.54) is 0 Å². The van der Waals surface area contributed by atoms with Crippen molar-refractivity contribution >= 4 is 12.1 Å². The number of hydrogen-bond acceptors (Lipinski definition) is 7. The average molecular weight is 500 g/mol. The number of cyclic esters (lactones) is 1. The maximum Gasteiger partial charge on any atom is 0.408 e. The molecule has 0 bridgehead atoms. The number of rotatable bonds is 8. The molecule has 0 aromatic heterocycles. The van der Waals surface area contributed by atoms with Crippen molar-refractivity contribution < 1.29 is 33.3 Å². The van der Waals surface area contributed by atoms with Crippen LogP contribution in [0.15, 0.2) is 60.7 Å². The van der Waals surface area contributed by atoms with Crippen LogP contribution in [0.25, 0.3) is 0 Å². The molecule has 3 rings (SSSR count). The second-order valence-electron chi connectivity index (χ2n) is 9.89. The van der Waals surface area contributed by atoms with E-state index in [0.29, 0.717) is 13.0 Å². The van der Waals surface area contributed by atoms with Gasteiger partial charge in [-0.05, 0) is 45.2 Å². The SMILES string of the molecule is C[C@@H]1OC(=O)[C@@H](NC(=O)OC(C)(C)C)COC[C@H](OCOCc2ccccc2)[C@H]1Cc1ccccc1. The Balaban J connectivity index is 1.68. The Morgan fingerprint density at radius 3 is 2.28 bits per heavy atom. The highest BCUT2D eigenvalue weighted by Crippen LogP contribution is 2.24. The molecule has 1 amide bonds. The molecule has 0 aliphatic carbocycles. The third kappa shape index (κ3) is 9.26. The Morgan fingerprint density at radius 1 is 1.00 bits per heavy atom. The summed E-state index contributed by atoms with van der Waals surface area (Å²) in [5, 5.41) is 2.56. The molecule has 8 heteroatoms. The fourth-order valence-corrected chi connectivity index (χ4v) is 3.92. The highest BCUT2D eigenvalue weighted by molar-refractivity contribution is 5.81. The van der Waals surface area contributed by atoms with Gasteiger partial charge >= 0.3 is 12.1 Å². The van der Waals surface area contributed by atoms with Crippen molar-refractivity contribution in [2.24, 2.45) is 5.92 Å². The predicted molar refractivity (Wildman–Crippen MR) is 134 cm³/mol. The minimum atomic E-state index is -0.993. The molecular formula is C28H37NO7. The van der Waals surface area contributed by atoms with Gasteiger partial charge < -0.3 is 29.0 Å². The Bertz CT molecular complexity index is 945. The van der Waals surface area contributed by atoms with Crippen LogP contribution >= 0.6 is 0 Å². The molecule has 196 valence electrons. The zero-order valence-electron chi connectivity index (χ0n) is 21.5. The number of benzene rings is 2. The summed E-state index contributed by atoms with van der Waals surface area (Å²) in [4.78, 5) is 25.2. The Hall–Kier alpha value is -2.94. The van der Waals surface area contributed by atoms with Gasteiger partial charge in [-0.2, -0.15) is 0 Å². The van der Waals surface area contributed by atoms with Gasteiger partial charge in [0, 0.05) is 5.92 Å². The van der Waals surface area contributed by atoms with Crippen molar-refractivity contribution in [3.8, 4) is 0 Å². The van der Waals surface area contributed by atoms with E-state index in [2.05, 4.69) is 5.32 Å². The van der Waals surface area contributed by atoms with Crippen molar-refractivity contribution in [2.45, 2.75) is 64.6 Å². The highest BCUT2D eigenvalue weighted by Gasteiger charge is 2.36. The van der Waals surface area contributed by atoms with Crippen molar-refractivity contribution in [3.63, 3.8) is 0 Å². The van der Waals surface area contributed by atoms with Crippen LogP contribution in [0.5, 0.6) is 0 Å². The van der Waals surface area contributed by atoms with Crippen LogP contribution in [0.2, 0.25) is 0 Å². The quantitative estimate of drug-likeness (QED) is 0.330. The maximum atomic E-state index is 12.9. The van der Waals surface area contributed by atoms with E-state index < -0.39 is 35.9 Å². The fourth-order valence-electron chi connectivity index (χ4n) is 3.92. The average Bonchev–Trinajstić information content (AvgIpc) is 2.87. The van der Waals surface area contributed by atoms with Gasteiger partial charge in [0.15, 0.2) is 6.04 Å². The lowest BCUT2D eigenvalue weighted by Gasteiger charge is -2.30.